The highest BCUT2D eigenvalue weighted by molar-refractivity contribution is 7.90. The van der Waals surface area contributed by atoms with Gasteiger partial charge in [0.2, 0.25) is 0 Å². The van der Waals surface area contributed by atoms with Crippen LogP contribution >= 0.6 is 0 Å². The van der Waals surface area contributed by atoms with E-state index in [1.165, 1.54) is 0 Å². The van der Waals surface area contributed by atoms with Crippen molar-refractivity contribution in [3.63, 3.8) is 0 Å². The molecule has 0 saturated carbocycles. The van der Waals surface area contributed by atoms with Crippen LogP contribution in [-0.4, -0.2) is 49.3 Å². The zero-order chi connectivity index (χ0) is 16.6. The summed E-state index contributed by atoms with van der Waals surface area (Å²) in [4.78, 5) is 15.8. The molecule has 2 aliphatic rings. The quantitative estimate of drug-likeness (QED) is 0.824. The lowest BCUT2D eigenvalue weighted by atomic mass is 10.1. The molecule has 1 amide bonds. The minimum Gasteiger partial charge on any atom is -0.469 e. The fourth-order valence-electron chi connectivity index (χ4n) is 2.45. The Labute approximate surface area is 134 Å². The Morgan fingerprint density at radius 1 is 1.43 bits per heavy atom. The molecule has 0 spiro atoms. The van der Waals surface area contributed by atoms with Gasteiger partial charge in [-0.15, -0.1) is 4.40 Å². The van der Waals surface area contributed by atoms with Crippen LogP contribution in [0.5, 0.6) is 0 Å². The molecule has 0 unspecified atom stereocenters. The van der Waals surface area contributed by atoms with Crippen molar-refractivity contribution in [2.24, 2.45) is 4.40 Å². The third-order valence-corrected chi connectivity index (χ3v) is 4.96. The third-order valence-electron chi connectivity index (χ3n) is 3.79. The van der Waals surface area contributed by atoms with Crippen LogP contribution in [0.1, 0.15) is 11.3 Å². The van der Waals surface area contributed by atoms with E-state index in [-0.39, 0.29) is 11.7 Å². The number of aryl methyl sites for hydroxylation is 1. The molecule has 1 aromatic heterocycles. The standard InChI is InChI=1S/C15H17N3O4S/c1-11-12(5-7-22-11)9-17(2)15(19)13-3-4-14-16-23(20,21)8-6-18(14)10-13/h3-5,7,10H,6,8-9H2,1-2H3. The molecule has 3 rings (SSSR count). The highest BCUT2D eigenvalue weighted by atomic mass is 32.2. The van der Waals surface area contributed by atoms with Gasteiger partial charge in [0.15, 0.2) is 0 Å². The summed E-state index contributed by atoms with van der Waals surface area (Å²) in [5.74, 6) is 0.941. The smallest absolute Gasteiger partial charge is 0.256 e. The van der Waals surface area contributed by atoms with Crippen LogP contribution in [0.25, 0.3) is 0 Å². The van der Waals surface area contributed by atoms with E-state index >= 15 is 0 Å². The summed E-state index contributed by atoms with van der Waals surface area (Å²) in [5, 5.41) is 0. The third kappa shape index (κ3) is 3.21. The highest BCUT2D eigenvalue weighted by Crippen LogP contribution is 2.18. The first-order valence-corrected chi connectivity index (χ1v) is 8.74. The Kier molecular flexibility index (Phi) is 3.85. The van der Waals surface area contributed by atoms with Gasteiger partial charge in [-0.25, -0.2) is 8.42 Å². The Morgan fingerprint density at radius 3 is 2.91 bits per heavy atom. The monoisotopic (exact) mass is 335 g/mol. The first-order valence-electron chi connectivity index (χ1n) is 7.13. The molecule has 8 heteroatoms. The number of furan rings is 1. The Bertz CT molecular complexity index is 833. The van der Waals surface area contributed by atoms with Gasteiger partial charge in [0.25, 0.3) is 15.9 Å². The Balaban J connectivity index is 1.75. The maximum absolute atomic E-state index is 12.5. The van der Waals surface area contributed by atoms with Gasteiger partial charge in [0.05, 0.1) is 17.6 Å². The van der Waals surface area contributed by atoms with Gasteiger partial charge in [-0.3, -0.25) is 4.79 Å². The van der Waals surface area contributed by atoms with Gasteiger partial charge in [-0.2, -0.15) is 0 Å². The zero-order valence-electron chi connectivity index (χ0n) is 12.9. The van der Waals surface area contributed by atoms with Crippen LogP contribution in [0, 0.1) is 6.92 Å². The summed E-state index contributed by atoms with van der Waals surface area (Å²) in [6.45, 7) is 2.60. The maximum Gasteiger partial charge on any atom is 0.256 e. The second-order valence-corrected chi connectivity index (χ2v) is 7.26. The molecule has 0 fully saturated rings. The summed E-state index contributed by atoms with van der Waals surface area (Å²) in [5.41, 5.74) is 1.44. The van der Waals surface area contributed by atoms with Gasteiger partial charge in [0.1, 0.15) is 11.6 Å². The summed E-state index contributed by atoms with van der Waals surface area (Å²) < 4.78 is 31.9. The van der Waals surface area contributed by atoms with Gasteiger partial charge in [0, 0.05) is 31.9 Å². The number of rotatable bonds is 3. The average molecular weight is 335 g/mol. The molecular formula is C15H17N3O4S. The number of amides is 1. The molecule has 0 aromatic carbocycles. The molecule has 2 aliphatic heterocycles. The molecule has 0 atom stereocenters. The maximum atomic E-state index is 12.5. The molecular weight excluding hydrogens is 318 g/mol. The molecule has 0 N–H and O–H groups in total. The normalized spacial score (nSPS) is 19.0. The number of hydrogen-bond acceptors (Lipinski definition) is 5. The largest absolute Gasteiger partial charge is 0.469 e. The summed E-state index contributed by atoms with van der Waals surface area (Å²) in [6.07, 6.45) is 6.40. The van der Waals surface area contributed by atoms with E-state index < -0.39 is 10.0 Å². The molecule has 1 aromatic rings. The summed E-state index contributed by atoms with van der Waals surface area (Å²) in [6, 6.07) is 1.84. The second-order valence-electron chi connectivity index (χ2n) is 5.51. The predicted molar refractivity (Wildman–Crippen MR) is 85.1 cm³/mol. The van der Waals surface area contributed by atoms with E-state index in [0.717, 1.165) is 11.3 Å². The molecule has 0 radical (unpaired) electrons. The van der Waals surface area contributed by atoms with Crippen molar-refractivity contribution in [3.8, 4) is 0 Å². The minimum absolute atomic E-state index is 0.0492. The lowest BCUT2D eigenvalue weighted by Gasteiger charge is -2.28. The van der Waals surface area contributed by atoms with Crippen molar-refractivity contribution in [2.75, 3.05) is 19.3 Å². The van der Waals surface area contributed by atoms with Gasteiger partial charge < -0.3 is 14.2 Å². The van der Waals surface area contributed by atoms with E-state index in [1.54, 1.807) is 41.5 Å². The van der Waals surface area contributed by atoms with Crippen LogP contribution in [0.4, 0.5) is 0 Å². The van der Waals surface area contributed by atoms with Crippen LogP contribution in [0.3, 0.4) is 0 Å². The molecule has 7 nitrogen and oxygen atoms in total. The first kappa shape index (κ1) is 15.5. The highest BCUT2D eigenvalue weighted by Gasteiger charge is 2.26. The predicted octanol–water partition coefficient (Wildman–Crippen LogP) is 1.04. The molecule has 122 valence electrons. The topological polar surface area (TPSA) is 83.2 Å². The van der Waals surface area contributed by atoms with Crippen molar-refractivity contribution in [1.82, 2.24) is 9.80 Å². The van der Waals surface area contributed by atoms with Crippen LogP contribution in [0.2, 0.25) is 0 Å². The fraction of sp³-hybridized carbons (Fsp3) is 0.333. The number of fused-ring (bicyclic) bond motifs is 1. The van der Waals surface area contributed by atoms with E-state index in [0.29, 0.717) is 24.5 Å². The number of amidine groups is 1. The molecule has 0 bridgehead atoms. The number of hydrogen-bond donors (Lipinski definition) is 0. The number of likely N-dealkylation sites (N-methyl/N-ethyl adjacent to an activating group) is 1. The SMILES string of the molecule is Cc1occc1CN(C)C(=O)C1=CN2CCS(=O)(=O)N=C2C=C1. The van der Waals surface area contributed by atoms with Crippen molar-refractivity contribution >= 4 is 21.8 Å². The molecule has 0 saturated heterocycles. The molecule has 23 heavy (non-hydrogen) atoms. The summed E-state index contributed by atoms with van der Waals surface area (Å²) in [7, 11) is -1.67. The molecule has 3 heterocycles. The van der Waals surface area contributed by atoms with Crippen LogP contribution < -0.4 is 0 Å². The Morgan fingerprint density at radius 2 is 2.22 bits per heavy atom. The lowest BCUT2D eigenvalue weighted by molar-refractivity contribution is -0.126. The van der Waals surface area contributed by atoms with E-state index in [1.807, 2.05) is 13.0 Å². The van der Waals surface area contributed by atoms with E-state index in [4.69, 9.17) is 4.42 Å². The van der Waals surface area contributed by atoms with Crippen LogP contribution in [-0.2, 0) is 21.4 Å². The van der Waals surface area contributed by atoms with Gasteiger partial charge >= 0.3 is 0 Å². The average Bonchev–Trinajstić information content (AvgIpc) is 2.90. The lowest BCUT2D eigenvalue weighted by Crippen LogP contribution is -2.38. The first-order chi connectivity index (χ1) is 10.9. The van der Waals surface area contributed by atoms with Crippen molar-refractivity contribution in [3.05, 3.63) is 47.6 Å². The minimum atomic E-state index is -3.39. The number of nitrogens with zero attached hydrogens (tertiary/aromatic N) is 3. The fourth-order valence-corrected chi connectivity index (χ4v) is 3.42. The van der Waals surface area contributed by atoms with Gasteiger partial charge in [-0.1, -0.05) is 0 Å². The Hall–Kier alpha value is -2.35. The number of carbonyl (C=O) groups is 1. The van der Waals surface area contributed by atoms with E-state index in [2.05, 4.69) is 4.40 Å². The number of carbonyl (C=O) groups excluding carboxylic acids is 1. The second kappa shape index (κ2) is 5.69. The van der Waals surface area contributed by atoms with Crippen molar-refractivity contribution < 1.29 is 17.6 Å². The van der Waals surface area contributed by atoms with E-state index in [9.17, 15) is 13.2 Å². The van der Waals surface area contributed by atoms with Crippen molar-refractivity contribution in [2.45, 2.75) is 13.5 Å². The number of sulfonamides is 1. The zero-order valence-corrected chi connectivity index (χ0v) is 13.7. The molecule has 0 aliphatic carbocycles. The van der Waals surface area contributed by atoms with Crippen LogP contribution in [0.15, 0.2) is 45.1 Å². The van der Waals surface area contributed by atoms with Gasteiger partial charge in [-0.05, 0) is 25.1 Å². The summed E-state index contributed by atoms with van der Waals surface area (Å²) >= 11 is 0. The van der Waals surface area contributed by atoms with Crippen molar-refractivity contribution in [1.29, 1.82) is 0 Å².